The number of nitrogens with one attached hydrogen (secondary N) is 1. The summed E-state index contributed by atoms with van der Waals surface area (Å²) >= 11 is 6.12. The van der Waals surface area contributed by atoms with Crippen molar-refractivity contribution in [2.75, 3.05) is 37.3 Å². The number of aromatic nitrogens is 2. The summed E-state index contributed by atoms with van der Waals surface area (Å²) in [7, 11) is -3.11. The van der Waals surface area contributed by atoms with Gasteiger partial charge in [0.15, 0.2) is 0 Å². The lowest BCUT2D eigenvalue weighted by Crippen LogP contribution is -2.48. The topological polar surface area (TPSA) is 69.3 Å². The van der Waals surface area contributed by atoms with Gasteiger partial charge in [-0.15, -0.1) is 0 Å². The third kappa shape index (κ3) is 4.84. The van der Waals surface area contributed by atoms with Gasteiger partial charge in [-0.1, -0.05) is 32.4 Å². The van der Waals surface area contributed by atoms with E-state index in [4.69, 9.17) is 11.6 Å². The SMILES string of the molecule is CC(C)C.CS(=O)(=O)N1CCN(c2cc(Cl)cc3[nH]ncc23)CC1. The van der Waals surface area contributed by atoms with Gasteiger partial charge in [0.2, 0.25) is 10.0 Å². The molecular formula is C16H25ClN4O2S. The normalized spacial score (nSPS) is 16.3. The van der Waals surface area contributed by atoms with Crippen LogP contribution < -0.4 is 4.90 Å². The van der Waals surface area contributed by atoms with E-state index in [0.29, 0.717) is 31.2 Å². The van der Waals surface area contributed by atoms with E-state index >= 15 is 0 Å². The minimum Gasteiger partial charge on any atom is -0.368 e. The van der Waals surface area contributed by atoms with Gasteiger partial charge in [0, 0.05) is 42.3 Å². The molecule has 3 rings (SSSR count). The Labute approximate surface area is 148 Å². The fraction of sp³-hybridized carbons (Fsp3) is 0.562. The van der Waals surface area contributed by atoms with Crippen molar-refractivity contribution in [2.24, 2.45) is 5.92 Å². The second-order valence-corrected chi connectivity index (χ2v) is 9.06. The molecule has 1 N–H and O–H groups in total. The van der Waals surface area contributed by atoms with Crippen molar-refractivity contribution < 1.29 is 8.42 Å². The van der Waals surface area contributed by atoms with Gasteiger partial charge >= 0.3 is 0 Å². The van der Waals surface area contributed by atoms with Gasteiger partial charge in [-0.2, -0.15) is 9.40 Å². The molecule has 24 heavy (non-hydrogen) atoms. The van der Waals surface area contributed by atoms with Crippen molar-refractivity contribution in [1.82, 2.24) is 14.5 Å². The summed E-state index contributed by atoms with van der Waals surface area (Å²) in [6.07, 6.45) is 3.01. The minimum absolute atomic E-state index is 0.491. The molecule has 0 radical (unpaired) electrons. The number of anilines is 1. The first-order valence-electron chi connectivity index (χ1n) is 8.01. The average molecular weight is 373 g/mol. The molecule has 0 unspecified atom stereocenters. The van der Waals surface area contributed by atoms with Crippen LogP contribution in [0, 0.1) is 5.92 Å². The van der Waals surface area contributed by atoms with Gasteiger partial charge in [-0.05, 0) is 18.1 Å². The molecule has 1 fully saturated rings. The number of rotatable bonds is 2. The van der Waals surface area contributed by atoms with Crippen LogP contribution in [0.2, 0.25) is 5.02 Å². The molecular weight excluding hydrogens is 348 g/mol. The van der Waals surface area contributed by atoms with Gasteiger partial charge < -0.3 is 4.90 Å². The first kappa shape index (κ1) is 19.0. The van der Waals surface area contributed by atoms with Gasteiger partial charge in [-0.25, -0.2) is 8.42 Å². The maximum absolute atomic E-state index is 11.5. The number of halogens is 1. The molecule has 134 valence electrons. The molecule has 0 aliphatic carbocycles. The van der Waals surface area contributed by atoms with Gasteiger partial charge in [0.05, 0.1) is 18.0 Å². The zero-order chi connectivity index (χ0) is 17.9. The fourth-order valence-corrected chi connectivity index (χ4v) is 3.56. The van der Waals surface area contributed by atoms with E-state index in [1.165, 1.54) is 10.6 Å². The van der Waals surface area contributed by atoms with Crippen LogP contribution in [0.3, 0.4) is 0 Å². The van der Waals surface area contributed by atoms with Crippen molar-refractivity contribution in [1.29, 1.82) is 0 Å². The number of fused-ring (bicyclic) bond motifs is 1. The maximum Gasteiger partial charge on any atom is 0.211 e. The lowest BCUT2D eigenvalue weighted by Gasteiger charge is -2.35. The number of hydrogen-bond donors (Lipinski definition) is 1. The number of piperazine rings is 1. The van der Waals surface area contributed by atoms with Crippen molar-refractivity contribution in [2.45, 2.75) is 20.8 Å². The molecule has 1 saturated heterocycles. The van der Waals surface area contributed by atoms with Crippen molar-refractivity contribution in [3.63, 3.8) is 0 Å². The van der Waals surface area contributed by atoms with E-state index in [9.17, 15) is 8.42 Å². The number of sulfonamides is 1. The maximum atomic E-state index is 11.5. The summed E-state index contributed by atoms with van der Waals surface area (Å²) in [5.74, 6) is 0.833. The minimum atomic E-state index is -3.11. The smallest absolute Gasteiger partial charge is 0.211 e. The summed E-state index contributed by atoms with van der Waals surface area (Å²) in [4.78, 5) is 2.14. The van der Waals surface area contributed by atoms with Crippen molar-refractivity contribution in [3.8, 4) is 0 Å². The van der Waals surface area contributed by atoms with E-state index in [1.807, 2.05) is 12.1 Å². The third-order valence-corrected chi connectivity index (χ3v) is 5.07. The monoisotopic (exact) mass is 372 g/mol. The molecule has 2 aromatic rings. The van der Waals surface area contributed by atoms with E-state index < -0.39 is 10.0 Å². The van der Waals surface area contributed by atoms with Crippen LogP contribution in [0.15, 0.2) is 18.3 Å². The fourth-order valence-electron chi connectivity index (χ4n) is 2.52. The highest BCUT2D eigenvalue weighted by Gasteiger charge is 2.24. The highest BCUT2D eigenvalue weighted by molar-refractivity contribution is 7.88. The second kappa shape index (κ2) is 7.72. The molecule has 1 aromatic carbocycles. The molecule has 0 bridgehead atoms. The zero-order valence-corrected chi connectivity index (χ0v) is 16.2. The highest BCUT2D eigenvalue weighted by Crippen LogP contribution is 2.30. The van der Waals surface area contributed by atoms with Crippen LogP contribution >= 0.6 is 11.6 Å². The zero-order valence-electron chi connectivity index (χ0n) is 14.6. The Bertz CT molecular complexity index is 778. The second-order valence-electron chi connectivity index (χ2n) is 6.64. The molecule has 8 heteroatoms. The summed E-state index contributed by atoms with van der Waals surface area (Å²) in [5.41, 5.74) is 1.88. The molecule has 1 aliphatic rings. The van der Waals surface area contributed by atoms with Crippen molar-refractivity contribution in [3.05, 3.63) is 23.4 Å². The van der Waals surface area contributed by atoms with E-state index in [0.717, 1.165) is 22.5 Å². The Hall–Kier alpha value is -1.31. The van der Waals surface area contributed by atoms with Crippen LogP contribution in [-0.2, 0) is 10.0 Å². The van der Waals surface area contributed by atoms with E-state index in [2.05, 4.69) is 35.9 Å². The first-order chi connectivity index (χ1) is 11.2. The molecule has 0 saturated carbocycles. The number of benzene rings is 1. The lowest BCUT2D eigenvalue weighted by molar-refractivity contribution is 0.388. The molecule has 0 amide bonds. The van der Waals surface area contributed by atoms with Gasteiger partial charge in [-0.3, -0.25) is 5.10 Å². The van der Waals surface area contributed by atoms with E-state index in [1.54, 1.807) is 6.20 Å². The largest absolute Gasteiger partial charge is 0.368 e. The Morgan fingerprint density at radius 1 is 1.17 bits per heavy atom. The summed E-state index contributed by atoms with van der Waals surface area (Å²) < 4.78 is 24.6. The highest BCUT2D eigenvalue weighted by atomic mass is 35.5. The Morgan fingerprint density at radius 3 is 2.29 bits per heavy atom. The molecule has 1 aliphatic heterocycles. The first-order valence-corrected chi connectivity index (χ1v) is 10.2. The van der Waals surface area contributed by atoms with Crippen LogP contribution in [0.4, 0.5) is 5.69 Å². The number of nitrogens with zero attached hydrogens (tertiary/aromatic N) is 3. The predicted molar refractivity (Wildman–Crippen MR) is 100 cm³/mol. The average Bonchev–Trinajstić information content (AvgIpc) is 2.93. The van der Waals surface area contributed by atoms with Gasteiger partial charge in [0.25, 0.3) is 0 Å². The molecule has 1 aromatic heterocycles. The molecule has 0 atom stereocenters. The Balaban J connectivity index is 0.000000471. The quantitative estimate of drug-likeness (QED) is 0.879. The number of aromatic amines is 1. The standard InChI is InChI=1S/C12H15ClN4O2S.C4H10/c1-20(18,19)17-4-2-16(3-5-17)12-7-9(13)6-11-10(12)8-14-15-11;1-4(2)3/h6-8H,2-5H2,1H3,(H,14,15);4H,1-3H3. The van der Waals surface area contributed by atoms with Crippen LogP contribution in [0.1, 0.15) is 20.8 Å². The van der Waals surface area contributed by atoms with Crippen LogP contribution in [0.5, 0.6) is 0 Å². The predicted octanol–water partition coefficient (Wildman–Crippen LogP) is 2.96. The lowest BCUT2D eigenvalue weighted by atomic mass is 10.2. The third-order valence-electron chi connectivity index (χ3n) is 3.55. The van der Waals surface area contributed by atoms with Crippen molar-refractivity contribution >= 4 is 38.2 Å². The number of hydrogen-bond acceptors (Lipinski definition) is 4. The van der Waals surface area contributed by atoms with E-state index in [-0.39, 0.29) is 0 Å². The summed E-state index contributed by atoms with van der Waals surface area (Å²) in [5, 5.41) is 8.58. The summed E-state index contributed by atoms with van der Waals surface area (Å²) in [6, 6.07) is 3.73. The van der Waals surface area contributed by atoms with Gasteiger partial charge in [0.1, 0.15) is 0 Å². The summed E-state index contributed by atoms with van der Waals surface area (Å²) in [6.45, 7) is 8.77. The molecule has 6 nitrogen and oxygen atoms in total. The van der Waals surface area contributed by atoms with Crippen LogP contribution in [0.25, 0.3) is 10.9 Å². The Kier molecular flexibility index (Phi) is 6.11. The Morgan fingerprint density at radius 2 is 1.75 bits per heavy atom. The number of H-pyrrole nitrogens is 1. The molecule has 2 heterocycles. The van der Waals surface area contributed by atoms with Crippen LogP contribution in [-0.4, -0.2) is 55.4 Å². The molecule has 0 spiro atoms.